The second-order valence-corrected chi connectivity index (χ2v) is 9.88. The predicted octanol–water partition coefficient (Wildman–Crippen LogP) is 4.15. The number of aryl methyl sites for hydroxylation is 1. The van der Waals surface area contributed by atoms with Crippen LogP contribution in [0.15, 0.2) is 78.0 Å². The second kappa shape index (κ2) is 10.2. The molecule has 6 nitrogen and oxygen atoms in total. The van der Waals surface area contributed by atoms with E-state index in [-0.39, 0.29) is 23.6 Å². The number of Topliss-reactive ketones (excluding diaryl/α,β-unsaturated/α-hetero) is 1. The lowest BCUT2D eigenvalue weighted by atomic mass is 10.0. The Morgan fingerprint density at radius 3 is 2.58 bits per heavy atom. The fourth-order valence-corrected chi connectivity index (χ4v) is 5.64. The SMILES string of the molecule is O=C(CCc1cccc(OCc2ccncc2)c1)[C@@H]1CCCN1S(=O)(=O)c1ccc(F)cc1. The lowest BCUT2D eigenvalue weighted by Crippen LogP contribution is -2.40. The summed E-state index contributed by atoms with van der Waals surface area (Å²) < 4.78 is 46.3. The molecule has 4 rings (SSSR count). The van der Waals surface area contributed by atoms with Gasteiger partial charge in [-0.3, -0.25) is 9.78 Å². The summed E-state index contributed by atoms with van der Waals surface area (Å²) in [4.78, 5) is 16.9. The van der Waals surface area contributed by atoms with Crippen LogP contribution in [0.2, 0.25) is 0 Å². The molecule has 8 heteroatoms. The Labute approximate surface area is 193 Å². The highest BCUT2D eigenvalue weighted by atomic mass is 32.2. The van der Waals surface area contributed by atoms with Crippen LogP contribution in [0.1, 0.15) is 30.4 Å². The summed E-state index contributed by atoms with van der Waals surface area (Å²) in [6, 6.07) is 15.3. The van der Waals surface area contributed by atoms with E-state index in [9.17, 15) is 17.6 Å². The number of halogens is 1. The number of pyridine rings is 1. The fourth-order valence-electron chi connectivity index (χ4n) is 3.96. The van der Waals surface area contributed by atoms with Crippen LogP contribution in [0.3, 0.4) is 0 Å². The molecule has 1 atom stereocenters. The number of hydrogen-bond donors (Lipinski definition) is 0. The van der Waals surface area contributed by atoms with Crippen LogP contribution in [0.4, 0.5) is 4.39 Å². The predicted molar refractivity (Wildman–Crippen MR) is 122 cm³/mol. The third-order valence-electron chi connectivity index (χ3n) is 5.71. The molecule has 2 heterocycles. The van der Waals surface area contributed by atoms with Crippen LogP contribution in [-0.4, -0.2) is 36.1 Å². The number of carbonyl (C=O) groups excluding carboxylic acids is 1. The first kappa shape index (κ1) is 23.1. The number of sulfonamides is 1. The largest absolute Gasteiger partial charge is 0.489 e. The number of benzene rings is 2. The summed E-state index contributed by atoms with van der Waals surface area (Å²) >= 11 is 0. The lowest BCUT2D eigenvalue weighted by molar-refractivity contribution is -0.122. The molecule has 0 radical (unpaired) electrons. The van der Waals surface area contributed by atoms with Gasteiger partial charge in [-0.25, -0.2) is 12.8 Å². The Kier molecular flexibility index (Phi) is 7.15. The molecular formula is C25H25FN2O4S. The van der Waals surface area contributed by atoms with Gasteiger partial charge < -0.3 is 4.74 Å². The number of ketones is 1. The third kappa shape index (κ3) is 5.64. The van der Waals surface area contributed by atoms with Crippen molar-refractivity contribution >= 4 is 15.8 Å². The summed E-state index contributed by atoms with van der Waals surface area (Å²) in [7, 11) is -3.85. The number of nitrogens with zero attached hydrogens (tertiary/aromatic N) is 2. The number of ether oxygens (including phenoxy) is 1. The number of carbonyl (C=O) groups is 1. The summed E-state index contributed by atoms with van der Waals surface area (Å²) in [5, 5.41) is 0. The highest BCUT2D eigenvalue weighted by Gasteiger charge is 2.38. The molecule has 2 aromatic carbocycles. The zero-order valence-electron chi connectivity index (χ0n) is 18.1. The Morgan fingerprint density at radius 2 is 1.82 bits per heavy atom. The van der Waals surface area contributed by atoms with E-state index in [0.29, 0.717) is 31.6 Å². The monoisotopic (exact) mass is 468 g/mol. The second-order valence-electron chi connectivity index (χ2n) is 7.99. The standard InChI is InChI=1S/C25H25FN2O4S/c26-21-7-9-23(10-8-21)33(30,31)28-16-2-5-24(28)25(29)11-6-19-3-1-4-22(17-19)32-18-20-12-14-27-15-13-20/h1,3-4,7-10,12-15,17,24H,2,5-6,11,16,18H2/t24-/m0/s1. The maximum Gasteiger partial charge on any atom is 0.243 e. The molecule has 3 aromatic rings. The van der Waals surface area contributed by atoms with Crippen molar-refractivity contribution < 1.29 is 22.3 Å². The maximum absolute atomic E-state index is 13.2. The van der Waals surface area contributed by atoms with E-state index in [1.165, 1.54) is 16.4 Å². The molecule has 0 N–H and O–H groups in total. The molecule has 33 heavy (non-hydrogen) atoms. The maximum atomic E-state index is 13.2. The first-order chi connectivity index (χ1) is 15.9. The quantitative estimate of drug-likeness (QED) is 0.471. The number of hydrogen-bond acceptors (Lipinski definition) is 5. The first-order valence-electron chi connectivity index (χ1n) is 10.8. The van der Waals surface area contributed by atoms with E-state index in [1.807, 2.05) is 36.4 Å². The van der Waals surface area contributed by atoms with Crippen molar-refractivity contribution in [3.05, 3.63) is 90.0 Å². The van der Waals surface area contributed by atoms with Gasteiger partial charge in [0.15, 0.2) is 5.78 Å². The van der Waals surface area contributed by atoms with Crippen molar-refractivity contribution in [3.63, 3.8) is 0 Å². The van der Waals surface area contributed by atoms with Crippen LogP contribution >= 0.6 is 0 Å². The van der Waals surface area contributed by atoms with Gasteiger partial charge in [0.1, 0.15) is 18.2 Å². The highest BCUT2D eigenvalue weighted by molar-refractivity contribution is 7.89. The molecule has 0 unspecified atom stereocenters. The molecule has 1 fully saturated rings. The van der Waals surface area contributed by atoms with Gasteiger partial charge in [0.05, 0.1) is 10.9 Å². The van der Waals surface area contributed by atoms with Crippen LogP contribution in [-0.2, 0) is 27.8 Å². The minimum atomic E-state index is -3.85. The summed E-state index contributed by atoms with van der Waals surface area (Å²) in [6.45, 7) is 0.706. The number of rotatable bonds is 9. The zero-order chi connectivity index (χ0) is 23.3. The van der Waals surface area contributed by atoms with Crippen molar-refractivity contribution in [2.24, 2.45) is 0 Å². The van der Waals surface area contributed by atoms with E-state index < -0.39 is 21.9 Å². The van der Waals surface area contributed by atoms with E-state index >= 15 is 0 Å². The molecule has 0 bridgehead atoms. The molecule has 1 aliphatic heterocycles. The van der Waals surface area contributed by atoms with Crippen molar-refractivity contribution in [1.29, 1.82) is 0 Å². The Hall–Kier alpha value is -3.10. The molecule has 0 saturated carbocycles. The Bertz CT molecular complexity index is 1200. The van der Waals surface area contributed by atoms with Gasteiger partial charge >= 0.3 is 0 Å². The molecule has 0 spiro atoms. The highest BCUT2D eigenvalue weighted by Crippen LogP contribution is 2.28. The zero-order valence-corrected chi connectivity index (χ0v) is 18.9. The van der Waals surface area contributed by atoms with E-state index in [2.05, 4.69) is 4.98 Å². The fraction of sp³-hybridized carbons (Fsp3) is 0.280. The molecule has 1 saturated heterocycles. The average molecular weight is 469 g/mol. The van der Waals surface area contributed by atoms with Gasteiger partial charge in [-0.15, -0.1) is 0 Å². The minimum Gasteiger partial charge on any atom is -0.489 e. The summed E-state index contributed by atoms with van der Waals surface area (Å²) in [5.74, 6) is 0.0921. The van der Waals surface area contributed by atoms with Gasteiger partial charge in [0, 0.05) is 25.4 Å². The smallest absolute Gasteiger partial charge is 0.243 e. The van der Waals surface area contributed by atoms with Gasteiger partial charge in [-0.1, -0.05) is 12.1 Å². The van der Waals surface area contributed by atoms with E-state index in [0.717, 1.165) is 23.3 Å². The number of aromatic nitrogens is 1. The molecule has 0 amide bonds. The third-order valence-corrected chi connectivity index (χ3v) is 7.63. The van der Waals surface area contributed by atoms with Crippen molar-refractivity contribution in [1.82, 2.24) is 9.29 Å². The van der Waals surface area contributed by atoms with Gasteiger partial charge in [-0.05, 0) is 78.9 Å². The van der Waals surface area contributed by atoms with Crippen molar-refractivity contribution in [2.75, 3.05) is 6.54 Å². The van der Waals surface area contributed by atoms with Crippen LogP contribution in [0, 0.1) is 5.82 Å². The molecular weight excluding hydrogens is 443 g/mol. The topological polar surface area (TPSA) is 76.6 Å². The van der Waals surface area contributed by atoms with Gasteiger partial charge in [-0.2, -0.15) is 4.31 Å². The Morgan fingerprint density at radius 1 is 1.06 bits per heavy atom. The van der Waals surface area contributed by atoms with Crippen molar-refractivity contribution in [2.45, 2.75) is 43.2 Å². The average Bonchev–Trinajstić information content (AvgIpc) is 3.34. The Balaban J connectivity index is 1.37. The van der Waals surface area contributed by atoms with E-state index in [1.54, 1.807) is 12.4 Å². The van der Waals surface area contributed by atoms with E-state index in [4.69, 9.17) is 4.74 Å². The van der Waals surface area contributed by atoms with Gasteiger partial charge in [0.2, 0.25) is 10.0 Å². The van der Waals surface area contributed by atoms with Crippen molar-refractivity contribution in [3.8, 4) is 5.75 Å². The molecule has 0 aliphatic carbocycles. The first-order valence-corrected chi connectivity index (χ1v) is 12.3. The van der Waals surface area contributed by atoms with Crippen LogP contribution < -0.4 is 4.74 Å². The van der Waals surface area contributed by atoms with Crippen LogP contribution in [0.5, 0.6) is 5.75 Å². The van der Waals surface area contributed by atoms with Crippen LogP contribution in [0.25, 0.3) is 0 Å². The normalized spacial score (nSPS) is 16.6. The summed E-state index contributed by atoms with van der Waals surface area (Å²) in [6.07, 6.45) is 5.26. The lowest BCUT2D eigenvalue weighted by Gasteiger charge is -2.23. The van der Waals surface area contributed by atoms with Gasteiger partial charge in [0.25, 0.3) is 0 Å². The summed E-state index contributed by atoms with van der Waals surface area (Å²) in [5.41, 5.74) is 1.95. The molecule has 1 aliphatic rings. The molecule has 172 valence electrons. The molecule has 1 aromatic heterocycles. The minimum absolute atomic E-state index is 0.00245.